The van der Waals surface area contributed by atoms with Crippen molar-refractivity contribution in [2.45, 2.75) is 40.7 Å². The lowest BCUT2D eigenvalue weighted by Gasteiger charge is -2.26. The molecule has 0 atom stereocenters. The SMILES string of the molecule is C=C(C)N1CN(C(C)C)C(C)=C1C. The molecular formula is C11H20N2. The fraction of sp³-hybridized carbons (Fsp3) is 0.636. The van der Waals surface area contributed by atoms with Gasteiger partial charge in [0.1, 0.15) is 0 Å². The summed E-state index contributed by atoms with van der Waals surface area (Å²) < 4.78 is 0. The van der Waals surface area contributed by atoms with E-state index in [1.54, 1.807) is 0 Å². The van der Waals surface area contributed by atoms with Crippen molar-refractivity contribution in [1.82, 2.24) is 9.80 Å². The molecule has 1 heterocycles. The molecule has 0 N–H and O–H groups in total. The van der Waals surface area contributed by atoms with Gasteiger partial charge in [0.2, 0.25) is 0 Å². The fourth-order valence-electron chi connectivity index (χ4n) is 1.73. The van der Waals surface area contributed by atoms with E-state index >= 15 is 0 Å². The number of hydrogen-bond donors (Lipinski definition) is 0. The zero-order valence-corrected chi connectivity index (χ0v) is 9.39. The van der Waals surface area contributed by atoms with Crippen LogP contribution in [-0.2, 0) is 0 Å². The molecule has 2 nitrogen and oxygen atoms in total. The summed E-state index contributed by atoms with van der Waals surface area (Å²) in [6.07, 6.45) is 0. The minimum Gasteiger partial charge on any atom is -0.353 e. The van der Waals surface area contributed by atoms with Crippen LogP contribution >= 0.6 is 0 Å². The molecule has 13 heavy (non-hydrogen) atoms. The van der Waals surface area contributed by atoms with E-state index in [2.05, 4.69) is 51.0 Å². The highest BCUT2D eigenvalue weighted by molar-refractivity contribution is 5.19. The molecule has 74 valence electrons. The van der Waals surface area contributed by atoms with Crippen LogP contribution in [0.5, 0.6) is 0 Å². The first-order chi connectivity index (χ1) is 5.95. The Balaban J connectivity index is 2.87. The van der Waals surface area contributed by atoms with Gasteiger partial charge >= 0.3 is 0 Å². The van der Waals surface area contributed by atoms with Crippen LogP contribution in [0.1, 0.15) is 34.6 Å². The van der Waals surface area contributed by atoms with E-state index in [-0.39, 0.29) is 0 Å². The monoisotopic (exact) mass is 180 g/mol. The van der Waals surface area contributed by atoms with E-state index in [1.165, 1.54) is 11.4 Å². The maximum absolute atomic E-state index is 3.98. The Hall–Kier alpha value is -0.920. The van der Waals surface area contributed by atoms with Gasteiger partial charge in [0.25, 0.3) is 0 Å². The van der Waals surface area contributed by atoms with E-state index in [9.17, 15) is 0 Å². The van der Waals surface area contributed by atoms with Crippen LogP contribution in [0, 0.1) is 0 Å². The van der Waals surface area contributed by atoms with Gasteiger partial charge in [-0.3, -0.25) is 0 Å². The van der Waals surface area contributed by atoms with Gasteiger partial charge in [-0.25, -0.2) is 0 Å². The summed E-state index contributed by atoms with van der Waals surface area (Å²) in [5.41, 5.74) is 3.83. The zero-order chi connectivity index (χ0) is 10.2. The standard InChI is InChI=1S/C11H20N2/c1-8(2)12-7-13(9(3)4)11(6)10(12)5/h9H,1,7H2,2-6H3. The molecule has 0 radical (unpaired) electrons. The second-order valence-corrected chi connectivity index (χ2v) is 4.04. The normalized spacial score (nSPS) is 17.7. The number of allylic oxidation sites excluding steroid dienone is 3. The molecule has 0 aromatic carbocycles. The van der Waals surface area contributed by atoms with Gasteiger partial charge < -0.3 is 9.80 Å². The van der Waals surface area contributed by atoms with Gasteiger partial charge in [-0.15, -0.1) is 0 Å². The Labute approximate surface area is 81.5 Å². The first-order valence-electron chi connectivity index (χ1n) is 4.82. The average Bonchev–Trinajstić information content (AvgIpc) is 2.29. The molecule has 0 aromatic heterocycles. The van der Waals surface area contributed by atoms with Crippen molar-refractivity contribution in [2.24, 2.45) is 0 Å². The second-order valence-electron chi connectivity index (χ2n) is 4.04. The Kier molecular flexibility index (Phi) is 2.69. The van der Waals surface area contributed by atoms with Gasteiger partial charge in [0, 0.05) is 23.1 Å². The molecule has 0 aliphatic carbocycles. The lowest BCUT2D eigenvalue weighted by Crippen LogP contribution is -2.31. The first-order valence-corrected chi connectivity index (χ1v) is 4.82. The van der Waals surface area contributed by atoms with Gasteiger partial charge in [0.15, 0.2) is 0 Å². The van der Waals surface area contributed by atoms with E-state index in [4.69, 9.17) is 0 Å². The summed E-state index contributed by atoms with van der Waals surface area (Å²) in [5, 5.41) is 0. The number of rotatable bonds is 2. The summed E-state index contributed by atoms with van der Waals surface area (Å²) >= 11 is 0. The molecule has 0 fully saturated rings. The summed E-state index contributed by atoms with van der Waals surface area (Å²) in [7, 11) is 0. The van der Waals surface area contributed by atoms with Crippen molar-refractivity contribution in [3.63, 3.8) is 0 Å². The smallest absolute Gasteiger partial charge is 0.0945 e. The lowest BCUT2D eigenvalue weighted by atomic mass is 10.3. The van der Waals surface area contributed by atoms with Crippen LogP contribution in [0.3, 0.4) is 0 Å². The summed E-state index contributed by atoms with van der Waals surface area (Å²) in [6, 6.07) is 0.569. The van der Waals surface area contributed by atoms with Crippen molar-refractivity contribution >= 4 is 0 Å². The third kappa shape index (κ3) is 1.71. The summed E-state index contributed by atoms with van der Waals surface area (Å²) in [6.45, 7) is 15.8. The maximum atomic E-state index is 3.98. The molecule has 1 aliphatic heterocycles. The molecular weight excluding hydrogens is 160 g/mol. The Morgan fingerprint density at radius 1 is 1.31 bits per heavy atom. The van der Waals surface area contributed by atoms with Gasteiger partial charge in [0.05, 0.1) is 6.67 Å². The molecule has 0 amide bonds. The highest BCUT2D eigenvalue weighted by atomic mass is 15.4. The maximum Gasteiger partial charge on any atom is 0.0945 e. The third-order valence-corrected chi connectivity index (χ3v) is 2.74. The molecule has 0 unspecified atom stereocenters. The Morgan fingerprint density at radius 2 is 1.85 bits per heavy atom. The van der Waals surface area contributed by atoms with Crippen LogP contribution < -0.4 is 0 Å². The van der Waals surface area contributed by atoms with Crippen LogP contribution in [0.25, 0.3) is 0 Å². The van der Waals surface area contributed by atoms with E-state index < -0.39 is 0 Å². The third-order valence-electron chi connectivity index (χ3n) is 2.74. The minimum atomic E-state index is 0.569. The molecule has 0 spiro atoms. The highest BCUT2D eigenvalue weighted by Gasteiger charge is 2.24. The van der Waals surface area contributed by atoms with Crippen molar-refractivity contribution in [3.8, 4) is 0 Å². The van der Waals surface area contributed by atoms with Crippen molar-refractivity contribution in [2.75, 3.05) is 6.67 Å². The summed E-state index contributed by atoms with van der Waals surface area (Å²) in [5.74, 6) is 0. The predicted octanol–water partition coefficient (Wildman–Crippen LogP) is 2.75. The van der Waals surface area contributed by atoms with E-state index in [1.807, 2.05) is 0 Å². The predicted molar refractivity (Wildman–Crippen MR) is 56.9 cm³/mol. The highest BCUT2D eigenvalue weighted by Crippen LogP contribution is 2.27. The van der Waals surface area contributed by atoms with E-state index in [0.717, 1.165) is 12.4 Å². The van der Waals surface area contributed by atoms with Crippen LogP contribution in [0.2, 0.25) is 0 Å². The van der Waals surface area contributed by atoms with Crippen molar-refractivity contribution < 1.29 is 0 Å². The molecule has 0 aromatic rings. The number of hydrogen-bond acceptors (Lipinski definition) is 2. The first kappa shape index (κ1) is 10.2. The molecule has 1 aliphatic rings. The molecule has 0 saturated heterocycles. The minimum absolute atomic E-state index is 0.569. The quantitative estimate of drug-likeness (QED) is 0.644. The molecule has 0 saturated carbocycles. The largest absolute Gasteiger partial charge is 0.353 e. The summed E-state index contributed by atoms with van der Waals surface area (Å²) in [4.78, 5) is 4.65. The van der Waals surface area contributed by atoms with E-state index in [0.29, 0.717) is 6.04 Å². The molecule has 1 rings (SSSR count). The molecule has 2 heteroatoms. The second kappa shape index (κ2) is 3.44. The number of nitrogens with zero attached hydrogens (tertiary/aromatic N) is 2. The van der Waals surface area contributed by atoms with Crippen molar-refractivity contribution in [1.29, 1.82) is 0 Å². The lowest BCUT2D eigenvalue weighted by molar-refractivity contribution is 0.240. The Bertz CT molecular complexity index is 251. The zero-order valence-electron chi connectivity index (χ0n) is 9.39. The van der Waals surface area contributed by atoms with Crippen LogP contribution in [-0.4, -0.2) is 22.5 Å². The van der Waals surface area contributed by atoms with Gasteiger partial charge in [-0.2, -0.15) is 0 Å². The average molecular weight is 180 g/mol. The Morgan fingerprint density at radius 3 is 2.08 bits per heavy atom. The van der Waals surface area contributed by atoms with Gasteiger partial charge in [-0.05, 0) is 34.6 Å². The van der Waals surface area contributed by atoms with Gasteiger partial charge in [-0.1, -0.05) is 6.58 Å². The topological polar surface area (TPSA) is 6.48 Å². The molecule has 0 bridgehead atoms. The van der Waals surface area contributed by atoms with Crippen LogP contribution in [0.4, 0.5) is 0 Å². The van der Waals surface area contributed by atoms with Crippen LogP contribution in [0.15, 0.2) is 23.7 Å². The van der Waals surface area contributed by atoms with Crippen molar-refractivity contribution in [3.05, 3.63) is 23.7 Å². The fourth-order valence-corrected chi connectivity index (χ4v) is 1.73.